The molecule has 0 aliphatic rings. The van der Waals surface area contributed by atoms with E-state index in [-0.39, 0.29) is 0 Å². The van der Waals surface area contributed by atoms with Crippen LogP contribution < -0.4 is 5.32 Å². The molecule has 1 heterocycles. The summed E-state index contributed by atoms with van der Waals surface area (Å²) in [7, 11) is 0. The van der Waals surface area contributed by atoms with E-state index in [1.165, 1.54) is 0 Å². The van der Waals surface area contributed by atoms with E-state index >= 15 is 0 Å². The van der Waals surface area contributed by atoms with Crippen LogP contribution in [-0.2, 0) is 0 Å². The van der Waals surface area contributed by atoms with Gasteiger partial charge in [0.25, 0.3) is 0 Å². The minimum atomic E-state index is 0.445. The van der Waals surface area contributed by atoms with E-state index < -0.39 is 0 Å². The minimum Gasteiger partial charge on any atom is -0.354 e. The molecular weight excluding hydrogens is 230 g/mol. The molecule has 0 saturated heterocycles. The van der Waals surface area contributed by atoms with Gasteiger partial charge >= 0.3 is 0 Å². The summed E-state index contributed by atoms with van der Waals surface area (Å²) in [4.78, 5) is 8.96. The zero-order chi connectivity index (χ0) is 12.8. The molecule has 1 rings (SSSR count). The van der Waals surface area contributed by atoms with E-state index in [0.29, 0.717) is 11.8 Å². The Morgan fingerprint density at radius 3 is 2.59 bits per heavy atom. The van der Waals surface area contributed by atoms with Crippen molar-refractivity contribution >= 4 is 17.7 Å². The first-order valence-electron chi connectivity index (χ1n) is 6.11. The van der Waals surface area contributed by atoms with Crippen molar-refractivity contribution in [1.29, 1.82) is 0 Å². The van der Waals surface area contributed by atoms with E-state index in [1.54, 1.807) is 0 Å². The molecule has 0 aliphatic carbocycles. The molecule has 1 aromatic heterocycles. The van der Waals surface area contributed by atoms with Gasteiger partial charge in [-0.15, -0.1) is 0 Å². The number of aryl methyl sites for hydroxylation is 1. The molecule has 0 aromatic carbocycles. The fourth-order valence-electron chi connectivity index (χ4n) is 1.58. The molecule has 4 heteroatoms. The molecule has 0 saturated carbocycles. The molecule has 1 aromatic rings. The molecule has 1 unspecified atom stereocenters. The molecule has 0 spiro atoms. The van der Waals surface area contributed by atoms with Crippen molar-refractivity contribution in [2.45, 2.75) is 33.6 Å². The third kappa shape index (κ3) is 4.94. The number of hydrogen-bond acceptors (Lipinski definition) is 4. The van der Waals surface area contributed by atoms with Crippen LogP contribution in [-0.4, -0.2) is 28.5 Å². The average Bonchev–Trinajstić information content (AvgIpc) is 2.26. The first kappa shape index (κ1) is 14.3. The Hall–Kier alpha value is -0.770. The monoisotopic (exact) mass is 253 g/mol. The van der Waals surface area contributed by atoms with Crippen LogP contribution in [0.25, 0.3) is 0 Å². The van der Waals surface area contributed by atoms with Gasteiger partial charge in [-0.2, -0.15) is 11.8 Å². The van der Waals surface area contributed by atoms with Crippen LogP contribution >= 0.6 is 11.8 Å². The summed E-state index contributed by atoms with van der Waals surface area (Å²) in [5.74, 6) is 3.01. The summed E-state index contributed by atoms with van der Waals surface area (Å²) in [5, 5.41) is 3.33. The van der Waals surface area contributed by atoms with Gasteiger partial charge in [-0.3, -0.25) is 0 Å². The molecule has 1 N–H and O–H groups in total. The first-order valence-corrected chi connectivity index (χ1v) is 7.50. The van der Waals surface area contributed by atoms with Crippen LogP contribution in [0.3, 0.4) is 0 Å². The summed E-state index contributed by atoms with van der Waals surface area (Å²) in [6.45, 7) is 9.50. The highest BCUT2D eigenvalue weighted by Gasteiger charge is 2.07. The first-order chi connectivity index (χ1) is 8.02. The van der Waals surface area contributed by atoms with Gasteiger partial charge in [-0.05, 0) is 36.8 Å². The van der Waals surface area contributed by atoms with Crippen LogP contribution in [0.1, 0.15) is 38.1 Å². The fraction of sp³-hybridized carbons (Fsp3) is 0.692. The summed E-state index contributed by atoms with van der Waals surface area (Å²) in [5.41, 5.74) is 2.14. The second-order valence-corrected chi connectivity index (χ2v) is 5.76. The lowest BCUT2D eigenvalue weighted by molar-refractivity contribution is 0.694. The van der Waals surface area contributed by atoms with Crippen molar-refractivity contribution in [3.05, 3.63) is 17.5 Å². The lowest BCUT2D eigenvalue weighted by Crippen LogP contribution is -2.16. The van der Waals surface area contributed by atoms with Crippen molar-refractivity contribution in [2.24, 2.45) is 5.92 Å². The summed E-state index contributed by atoms with van der Waals surface area (Å²) in [6.07, 6.45) is 2.14. The SMILES string of the molecule is CSCC(C)CNc1nc(C)cc(C(C)C)n1. The summed E-state index contributed by atoms with van der Waals surface area (Å²) >= 11 is 1.88. The lowest BCUT2D eigenvalue weighted by Gasteiger charge is -2.13. The van der Waals surface area contributed by atoms with E-state index in [9.17, 15) is 0 Å². The number of hydrogen-bond donors (Lipinski definition) is 1. The van der Waals surface area contributed by atoms with Gasteiger partial charge in [0, 0.05) is 17.9 Å². The maximum absolute atomic E-state index is 4.54. The third-order valence-electron chi connectivity index (χ3n) is 2.53. The molecule has 0 radical (unpaired) electrons. The third-order valence-corrected chi connectivity index (χ3v) is 3.43. The van der Waals surface area contributed by atoms with Gasteiger partial charge in [-0.1, -0.05) is 20.8 Å². The predicted octanol–water partition coefficient (Wildman–Crippen LogP) is 3.32. The van der Waals surface area contributed by atoms with Gasteiger partial charge in [0.05, 0.1) is 0 Å². The largest absolute Gasteiger partial charge is 0.354 e. The normalized spacial score (nSPS) is 12.8. The van der Waals surface area contributed by atoms with E-state index in [0.717, 1.165) is 29.6 Å². The van der Waals surface area contributed by atoms with Crippen LogP contribution in [0.2, 0.25) is 0 Å². The minimum absolute atomic E-state index is 0.445. The fourth-order valence-corrected chi connectivity index (χ4v) is 2.26. The molecule has 0 amide bonds. The van der Waals surface area contributed by atoms with Gasteiger partial charge in [0.15, 0.2) is 0 Å². The topological polar surface area (TPSA) is 37.8 Å². The zero-order valence-corrected chi connectivity index (χ0v) is 12.3. The Balaban J connectivity index is 2.64. The molecule has 17 heavy (non-hydrogen) atoms. The number of thioether (sulfide) groups is 1. The van der Waals surface area contributed by atoms with Crippen LogP contribution in [0.5, 0.6) is 0 Å². The number of rotatable bonds is 6. The smallest absolute Gasteiger partial charge is 0.223 e. The highest BCUT2D eigenvalue weighted by atomic mass is 32.2. The zero-order valence-electron chi connectivity index (χ0n) is 11.4. The number of aromatic nitrogens is 2. The van der Waals surface area contributed by atoms with Crippen molar-refractivity contribution in [1.82, 2.24) is 9.97 Å². The Morgan fingerprint density at radius 2 is 2.00 bits per heavy atom. The molecule has 1 atom stereocenters. The van der Waals surface area contributed by atoms with Crippen molar-refractivity contribution in [3.8, 4) is 0 Å². The average molecular weight is 253 g/mol. The molecule has 96 valence electrons. The number of nitrogens with zero attached hydrogens (tertiary/aromatic N) is 2. The molecule has 0 bridgehead atoms. The lowest BCUT2D eigenvalue weighted by atomic mass is 10.1. The van der Waals surface area contributed by atoms with Crippen LogP contribution in [0, 0.1) is 12.8 Å². The van der Waals surface area contributed by atoms with Gasteiger partial charge in [0.1, 0.15) is 0 Å². The Morgan fingerprint density at radius 1 is 1.29 bits per heavy atom. The standard InChI is InChI=1S/C13H23N3S/c1-9(2)12-6-11(4)15-13(16-12)14-7-10(3)8-17-5/h6,9-10H,7-8H2,1-5H3,(H,14,15,16). The molecule has 3 nitrogen and oxygen atoms in total. The van der Waals surface area contributed by atoms with Crippen LogP contribution in [0.4, 0.5) is 5.95 Å². The van der Waals surface area contributed by atoms with Crippen molar-refractivity contribution < 1.29 is 0 Å². The predicted molar refractivity (Wildman–Crippen MR) is 76.9 cm³/mol. The molecule has 0 fully saturated rings. The maximum Gasteiger partial charge on any atom is 0.223 e. The Labute approximate surface area is 109 Å². The van der Waals surface area contributed by atoms with E-state index in [4.69, 9.17) is 0 Å². The van der Waals surface area contributed by atoms with Crippen molar-refractivity contribution in [3.63, 3.8) is 0 Å². The summed E-state index contributed by atoms with van der Waals surface area (Å²) < 4.78 is 0. The number of nitrogens with one attached hydrogen (secondary N) is 1. The maximum atomic E-state index is 4.54. The van der Waals surface area contributed by atoms with E-state index in [2.05, 4.69) is 48.4 Å². The highest BCUT2D eigenvalue weighted by Crippen LogP contribution is 2.14. The van der Waals surface area contributed by atoms with Gasteiger partial charge in [0.2, 0.25) is 5.95 Å². The second kappa shape index (κ2) is 6.84. The Kier molecular flexibility index (Phi) is 5.75. The van der Waals surface area contributed by atoms with Gasteiger partial charge in [-0.25, -0.2) is 9.97 Å². The quantitative estimate of drug-likeness (QED) is 0.844. The number of anilines is 1. The molecule has 0 aliphatic heterocycles. The van der Waals surface area contributed by atoms with Gasteiger partial charge < -0.3 is 5.32 Å². The van der Waals surface area contributed by atoms with E-state index in [1.807, 2.05) is 18.7 Å². The highest BCUT2D eigenvalue weighted by molar-refractivity contribution is 7.98. The van der Waals surface area contributed by atoms with Crippen LogP contribution in [0.15, 0.2) is 6.07 Å². The second-order valence-electron chi connectivity index (χ2n) is 4.85. The summed E-state index contributed by atoms with van der Waals surface area (Å²) in [6, 6.07) is 2.06. The molecular formula is C13H23N3S. The Bertz CT molecular complexity index is 353. The van der Waals surface area contributed by atoms with Crippen molar-refractivity contribution in [2.75, 3.05) is 23.9 Å².